The van der Waals surface area contributed by atoms with Crippen molar-refractivity contribution in [3.63, 3.8) is 0 Å². The van der Waals surface area contributed by atoms with E-state index in [1.54, 1.807) is 31.4 Å². The Hall–Kier alpha value is -3.59. The number of benzene rings is 2. The number of aromatic nitrogens is 1. The second-order valence-electron chi connectivity index (χ2n) is 7.70. The highest BCUT2D eigenvalue weighted by Crippen LogP contribution is 2.33. The number of hydrogen-bond donors (Lipinski definition) is 2. The summed E-state index contributed by atoms with van der Waals surface area (Å²) in [7, 11) is 1.60. The molecule has 0 radical (unpaired) electrons. The van der Waals surface area contributed by atoms with Gasteiger partial charge in [-0.25, -0.2) is 14.6 Å². The van der Waals surface area contributed by atoms with Crippen LogP contribution in [0, 0.1) is 0 Å². The Morgan fingerprint density at radius 3 is 2.53 bits per heavy atom. The van der Waals surface area contributed by atoms with Crippen LogP contribution >= 0.6 is 11.3 Å². The first-order chi connectivity index (χ1) is 16.4. The third kappa shape index (κ3) is 6.95. The number of hydrogen-bond acceptors (Lipinski definition) is 7. The zero-order chi connectivity index (χ0) is 24.5. The summed E-state index contributed by atoms with van der Waals surface area (Å²) >= 11 is 1.46. The molecule has 1 heterocycles. The Balaban J connectivity index is 1.54. The van der Waals surface area contributed by atoms with Crippen LogP contribution in [0.25, 0.3) is 10.6 Å². The van der Waals surface area contributed by atoms with Crippen LogP contribution in [-0.4, -0.2) is 36.7 Å². The Labute approximate surface area is 203 Å². The number of methoxy groups -OCH3 is 1. The van der Waals surface area contributed by atoms with E-state index in [9.17, 15) is 9.59 Å². The monoisotopic (exact) mass is 483 g/mol. The van der Waals surface area contributed by atoms with E-state index < -0.39 is 5.97 Å². The van der Waals surface area contributed by atoms with Crippen LogP contribution < -0.4 is 20.1 Å². The largest absolute Gasteiger partial charge is 0.493 e. The maximum Gasteiger partial charge on any atom is 0.338 e. The summed E-state index contributed by atoms with van der Waals surface area (Å²) < 4.78 is 16.4. The second kappa shape index (κ2) is 12.0. The minimum atomic E-state index is -0.436. The van der Waals surface area contributed by atoms with Crippen molar-refractivity contribution in [1.29, 1.82) is 0 Å². The third-order valence-corrected chi connectivity index (χ3v) is 5.62. The second-order valence-corrected chi connectivity index (χ2v) is 8.56. The standard InChI is InChI=1S/C25H29N3O5S/c1-5-32-21-11-10-19(12-22(21)31-4)23-28-20(15-34-23)14-33-24(29)18-8-6-17(7-9-18)13-26-25(30)27-16(2)3/h6-12,15-16H,5,13-14H2,1-4H3,(H2,26,27,30). The zero-order valence-corrected chi connectivity index (χ0v) is 20.5. The van der Waals surface area contributed by atoms with Crippen LogP contribution in [0.15, 0.2) is 47.8 Å². The molecule has 0 unspecified atom stereocenters. The Morgan fingerprint density at radius 1 is 1.09 bits per heavy atom. The van der Waals surface area contributed by atoms with E-state index in [0.717, 1.165) is 16.1 Å². The number of thiazole rings is 1. The van der Waals surface area contributed by atoms with Gasteiger partial charge in [0.2, 0.25) is 0 Å². The van der Waals surface area contributed by atoms with E-state index in [1.807, 2.05) is 44.4 Å². The van der Waals surface area contributed by atoms with Gasteiger partial charge in [-0.1, -0.05) is 12.1 Å². The number of carbonyl (C=O) groups is 2. The van der Waals surface area contributed by atoms with Crippen molar-refractivity contribution in [1.82, 2.24) is 15.6 Å². The zero-order valence-electron chi connectivity index (χ0n) is 19.7. The van der Waals surface area contributed by atoms with Gasteiger partial charge in [0, 0.05) is 23.5 Å². The molecule has 0 saturated carbocycles. The van der Waals surface area contributed by atoms with Gasteiger partial charge in [-0.3, -0.25) is 0 Å². The van der Waals surface area contributed by atoms with Crippen molar-refractivity contribution >= 4 is 23.3 Å². The maximum absolute atomic E-state index is 12.4. The molecule has 0 fully saturated rings. The van der Waals surface area contributed by atoms with Crippen LogP contribution in [-0.2, 0) is 17.9 Å². The fraction of sp³-hybridized carbons (Fsp3) is 0.320. The van der Waals surface area contributed by atoms with Crippen LogP contribution in [0.5, 0.6) is 11.5 Å². The van der Waals surface area contributed by atoms with E-state index in [0.29, 0.717) is 35.9 Å². The Kier molecular flexibility index (Phi) is 8.86. The SMILES string of the molecule is CCOc1ccc(-c2nc(COC(=O)c3ccc(CNC(=O)NC(C)C)cc3)cs2)cc1OC. The molecule has 0 spiro atoms. The lowest BCUT2D eigenvalue weighted by Gasteiger charge is -2.10. The Morgan fingerprint density at radius 2 is 1.85 bits per heavy atom. The fourth-order valence-electron chi connectivity index (χ4n) is 3.06. The molecule has 3 aromatic rings. The summed E-state index contributed by atoms with van der Waals surface area (Å²) in [5, 5.41) is 8.19. The van der Waals surface area contributed by atoms with Gasteiger partial charge >= 0.3 is 12.0 Å². The van der Waals surface area contributed by atoms with Crippen molar-refractivity contribution < 1.29 is 23.8 Å². The number of ether oxygens (including phenoxy) is 3. The van der Waals surface area contributed by atoms with Gasteiger partial charge in [0.1, 0.15) is 11.6 Å². The summed E-state index contributed by atoms with van der Waals surface area (Å²) in [6.07, 6.45) is 0. The number of rotatable bonds is 10. The summed E-state index contributed by atoms with van der Waals surface area (Å²) in [4.78, 5) is 28.7. The highest BCUT2D eigenvalue weighted by atomic mass is 32.1. The van der Waals surface area contributed by atoms with E-state index >= 15 is 0 Å². The van der Waals surface area contributed by atoms with Gasteiger partial charge in [0.25, 0.3) is 0 Å². The predicted octanol–water partition coefficient (Wildman–Crippen LogP) is 4.78. The number of urea groups is 1. The van der Waals surface area contributed by atoms with Gasteiger partial charge in [-0.2, -0.15) is 0 Å². The van der Waals surface area contributed by atoms with E-state index in [1.165, 1.54) is 11.3 Å². The molecule has 0 saturated heterocycles. The average molecular weight is 484 g/mol. The molecule has 0 aliphatic carbocycles. The molecule has 2 aromatic carbocycles. The first-order valence-electron chi connectivity index (χ1n) is 11.0. The summed E-state index contributed by atoms with van der Waals surface area (Å²) in [6, 6.07) is 12.4. The molecular formula is C25H29N3O5S. The van der Waals surface area contributed by atoms with Crippen molar-refractivity contribution in [2.45, 2.75) is 40.0 Å². The third-order valence-electron chi connectivity index (χ3n) is 4.68. The molecule has 0 bridgehead atoms. The molecule has 0 atom stereocenters. The van der Waals surface area contributed by atoms with Crippen molar-refractivity contribution in [3.05, 3.63) is 64.7 Å². The molecule has 3 rings (SSSR count). The van der Waals surface area contributed by atoms with Gasteiger partial charge in [-0.05, 0) is 56.7 Å². The Bertz CT molecular complexity index is 1110. The molecule has 180 valence electrons. The normalized spacial score (nSPS) is 10.6. The molecule has 0 aliphatic heterocycles. The number of carbonyl (C=O) groups excluding carboxylic acids is 2. The first-order valence-corrected chi connectivity index (χ1v) is 11.8. The molecule has 8 nitrogen and oxygen atoms in total. The number of esters is 1. The van der Waals surface area contributed by atoms with E-state index in [-0.39, 0.29) is 18.7 Å². The van der Waals surface area contributed by atoms with Crippen molar-refractivity contribution in [3.8, 4) is 22.1 Å². The molecule has 34 heavy (non-hydrogen) atoms. The predicted molar refractivity (Wildman–Crippen MR) is 131 cm³/mol. The average Bonchev–Trinajstić information content (AvgIpc) is 3.30. The van der Waals surface area contributed by atoms with Crippen molar-refractivity contribution in [2.24, 2.45) is 0 Å². The molecule has 2 amide bonds. The first kappa shape index (κ1) is 25.0. The van der Waals surface area contributed by atoms with Crippen LogP contribution in [0.4, 0.5) is 4.79 Å². The number of nitrogens with one attached hydrogen (secondary N) is 2. The summed E-state index contributed by atoms with van der Waals surface area (Å²) in [6.45, 7) is 6.70. The quantitative estimate of drug-likeness (QED) is 0.403. The number of nitrogens with zero attached hydrogens (tertiary/aromatic N) is 1. The van der Waals surface area contributed by atoms with Gasteiger partial charge in [-0.15, -0.1) is 11.3 Å². The van der Waals surface area contributed by atoms with Crippen LogP contribution in [0.3, 0.4) is 0 Å². The topological polar surface area (TPSA) is 98.8 Å². The summed E-state index contributed by atoms with van der Waals surface area (Å²) in [5.41, 5.74) is 2.87. The van der Waals surface area contributed by atoms with E-state index in [2.05, 4.69) is 15.6 Å². The maximum atomic E-state index is 12.4. The minimum absolute atomic E-state index is 0.0646. The molecule has 9 heteroatoms. The molecule has 1 aromatic heterocycles. The highest BCUT2D eigenvalue weighted by molar-refractivity contribution is 7.13. The lowest BCUT2D eigenvalue weighted by Crippen LogP contribution is -2.39. The summed E-state index contributed by atoms with van der Waals surface area (Å²) in [5.74, 6) is 0.885. The molecular weight excluding hydrogens is 454 g/mol. The van der Waals surface area contributed by atoms with Crippen molar-refractivity contribution in [2.75, 3.05) is 13.7 Å². The highest BCUT2D eigenvalue weighted by Gasteiger charge is 2.12. The molecule has 2 N–H and O–H groups in total. The van der Waals surface area contributed by atoms with Gasteiger partial charge in [0.05, 0.1) is 25.0 Å². The van der Waals surface area contributed by atoms with Gasteiger partial charge in [0.15, 0.2) is 11.5 Å². The minimum Gasteiger partial charge on any atom is -0.493 e. The van der Waals surface area contributed by atoms with E-state index in [4.69, 9.17) is 14.2 Å². The lowest BCUT2D eigenvalue weighted by molar-refractivity contribution is 0.0468. The number of amides is 2. The molecule has 0 aliphatic rings. The van der Waals surface area contributed by atoms with Crippen LogP contribution in [0.1, 0.15) is 42.4 Å². The lowest BCUT2D eigenvalue weighted by atomic mass is 10.1. The smallest absolute Gasteiger partial charge is 0.338 e. The van der Waals surface area contributed by atoms with Crippen LogP contribution in [0.2, 0.25) is 0 Å². The van der Waals surface area contributed by atoms with Gasteiger partial charge < -0.3 is 24.8 Å². The fourth-order valence-corrected chi connectivity index (χ4v) is 3.86.